The number of alkyl halides is 3. The molecular formula is C22H23ClF3N3O2. The number of amidine groups is 1. The van der Waals surface area contributed by atoms with Gasteiger partial charge in [0.2, 0.25) is 0 Å². The van der Waals surface area contributed by atoms with Gasteiger partial charge in [0.05, 0.1) is 18.2 Å². The monoisotopic (exact) mass is 453 g/mol. The summed E-state index contributed by atoms with van der Waals surface area (Å²) < 4.78 is 39.0. The molecule has 0 N–H and O–H groups in total. The Morgan fingerprint density at radius 1 is 1.35 bits per heavy atom. The van der Waals surface area contributed by atoms with Gasteiger partial charge in [-0.05, 0) is 18.1 Å². The van der Waals surface area contributed by atoms with Crippen LogP contribution in [0.1, 0.15) is 37.0 Å². The average Bonchev–Trinajstić information content (AvgIpc) is 2.89. The van der Waals surface area contributed by atoms with Crippen molar-refractivity contribution in [1.29, 1.82) is 0 Å². The highest BCUT2D eigenvalue weighted by molar-refractivity contribution is 6.31. The van der Waals surface area contributed by atoms with Crippen LogP contribution >= 0.6 is 11.6 Å². The predicted molar refractivity (Wildman–Crippen MR) is 113 cm³/mol. The summed E-state index contributed by atoms with van der Waals surface area (Å²) in [5.74, 6) is 0.0591. The van der Waals surface area contributed by atoms with E-state index in [1.165, 1.54) is 15.9 Å². The Balaban J connectivity index is 1.86. The molecule has 1 aromatic rings. The first kappa shape index (κ1) is 23.1. The maximum absolute atomic E-state index is 13.2. The standard InChI is InChI=1S/C22H23ClF3N3O2/c1-3-14(2)18-12-29(20-9-5-7-16(11-27-20)22(24,25)26)21(31)28(18)13-19(30)15-6-4-8-17(23)10-15/h4-8,10-11,14,18H,3,9,12-13H2,1-2H3/t14-,18+/m0/s1. The fraction of sp³-hybridized carbons (Fsp3) is 0.409. The molecule has 2 aliphatic heterocycles. The van der Waals surface area contributed by atoms with E-state index in [1.807, 2.05) is 13.8 Å². The van der Waals surface area contributed by atoms with Gasteiger partial charge >= 0.3 is 12.2 Å². The molecule has 2 atom stereocenters. The normalized spacial score (nSPS) is 20.5. The fourth-order valence-corrected chi connectivity index (χ4v) is 3.80. The minimum atomic E-state index is -4.51. The molecule has 9 heteroatoms. The van der Waals surface area contributed by atoms with Crippen molar-refractivity contribution in [2.45, 2.75) is 38.9 Å². The van der Waals surface area contributed by atoms with Crippen molar-refractivity contribution in [3.8, 4) is 0 Å². The molecule has 0 unspecified atom stereocenters. The molecule has 0 radical (unpaired) electrons. The highest BCUT2D eigenvalue weighted by Crippen LogP contribution is 2.30. The Morgan fingerprint density at radius 2 is 2.10 bits per heavy atom. The van der Waals surface area contributed by atoms with E-state index in [0.717, 1.165) is 18.7 Å². The van der Waals surface area contributed by atoms with Crippen LogP contribution in [0.5, 0.6) is 0 Å². The summed E-state index contributed by atoms with van der Waals surface area (Å²) in [4.78, 5) is 32.8. The van der Waals surface area contributed by atoms with Crippen LogP contribution in [-0.2, 0) is 0 Å². The van der Waals surface area contributed by atoms with Crippen LogP contribution in [-0.4, -0.2) is 52.8 Å². The van der Waals surface area contributed by atoms with E-state index < -0.39 is 17.8 Å². The number of carbonyl (C=O) groups excluding carboxylic acids is 2. The van der Waals surface area contributed by atoms with Crippen LogP contribution in [0.2, 0.25) is 5.02 Å². The number of hydrogen-bond acceptors (Lipinski definition) is 3. The lowest BCUT2D eigenvalue weighted by Gasteiger charge is -2.26. The fourth-order valence-electron chi connectivity index (χ4n) is 3.61. The van der Waals surface area contributed by atoms with Crippen molar-refractivity contribution in [2.75, 3.05) is 13.1 Å². The number of hydrogen-bond donors (Lipinski definition) is 0. The first-order chi connectivity index (χ1) is 14.6. The summed E-state index contributed by atoms with van der Waals surface area (Å²) in [6.07, 6.45) is -0.604. The molecule has 0 spiro atoms. The molecule has 0 aromatic heterocycles. The quantitative estimate of drug-likeness (QED) is 0.554. The molecule has 5 nitrogen and oxygen atoms in total. The highest BCUT2D eigenvalue weighted by atomic mass is 35.5. The molecule has 0 bridgehead atoms. The third kappa shape index (κ3) is 5.18. The molecule has 2 amide bonds. The minimum absolute atomic E-state index is 0.0873. The zero-order chi connectivity index (χ0) is 22.8. The van der Waals surface area contributed by atoms with Gasteiger partial charge in [-0.15, -0.1) is 0 Å². The zero-order valence-corrected chi connectivity index (χ0v) is 18.0. The number of aliphatic imine (C=N–C) groups is 1. The molecule has 0 saturated carbocycles. The topological polar surface area (TPSA) is 53.0 Å². The van der Waals surface area contributed by atoms with E-state index in [4.69, 9.17) is 11.6 Å². The number of rotatable bonds is 5. The number of allylic oxidation sites excluding steroid dienone is 2. The molecule has 2 aliphatic rings. The number of halogens is 4. The predicted octanol–water partition coefficient (Wildman–Crippen LogP) is 5.48. The summed E-state index contributed by atoms with van der Waals surface area (Å²) in [5.41, 5.74) is -0.477. The van der Waals surface area contributed by atoms with Crippen molar-refractivity contribution in [2.24, 2.45) is 10.9 Å². The van der Waals surface area contributed by atoms with Crippen molar-refractivity contribution < 1.29 is 22.8 Å². The Hall–Kier alpha value is -2.61. The van der Waals surface area contributed by atoms with Crippen molar-refractivity contribution in [3.63, 3.8) is 0 Å². The minimum Gasteiger partial charge on any atom is -0.312 e. The second kappa shape index (κ2) is 9.26. The highest BCUT2D eigenvalue weighted by Gasteiger charge is 2.42. The molecule has 1 saturated heterocycles. The maximum atomic E-state index is 13.2. The number of ketones is 1. The van der Waals surface area contributed by atoms with E-state index in [9.17, 15) is 22.8 Å². The average molecular weight is 454 g/mol. The van der Waals surface area contributed by atoms with Gasteiger partial charge in [0, 0.05) is 29.8 Å². The Labute approximate surface area is 183 Å². The molecule has 1 fully saturated rings. The van der Waals surface area contributed by atoms with Gasteiger partial charge in [-0.2, -0.15) is 13.2 Å². The van der Waals surface area contributed by atoms with Crippen LogP contribution in [0.15, 0.2) is 53.2 Å². The van der Waals surface area contributed by atoms with Gasteiger partial charge in [-0.3, -0.25) is 9.69 Å². The molecule has 31 heavy (non-hydrogen) atoms. The second-order valence-electron chi connectivity index (χ2n) is 7.64. The first-order valence-corrected chi connectivity index (χ1v) is 10.4. The SMILES string of the molecule is CC[C@H](C)[C@H]1CN(C2=NC=C(C(F)(F)F)C=CC2)C(=O)N1CC(=O)c1cccc(Cl)c1. The number of urea groups is 1. The van der Waals surface area contributed by atoms with Gasteiger partial charge in [0.25, 0.3) is 0 Å². The zero-order valence-electron chi connectivity index (χ0n) is 17.2. The van der Waals surface area contributed by atoms with Crippen LogP contribution in [0.25, 0.3) is 0 Å². The largest absolute Gasteiger partial charge is 0.417 e. The third-order valence-corrected chi connectivity index (χ3v) is 5.83. The van der Waals surface area contributed by atoms with E-state index in [2.05, 4.69) is 4.99 Å². The molecule has 166 valence electrons. The lowest BCUT2D eigenvalue weighted by molar-refractivity contribution is -0.0883. The summed E-state index contributed by atoms with van der Waals surface area (Å²) in [6.45, 7) is 4.09. The van der Waals surface area contributed by atoms with Crippen LogP contribution in [0.3, 0.4) is 0 Å². The summed E-state index contributed by atoms with van der Waals surface area (Å²) >= 11 is 5.97. The summed E-state index contributed by atoms with van der Waals surface area (Å²) in [7, 11) is 0. The van der Waals surface area contributed by atoms with Crippen LogP contribution < -0.4 is 0 Å². The molecule has 1 aromatic carbocycles. The number of amides is 2. The van der Waals surface area contributed by atoms with E-state index in [1.54, 1.807) is 24.3 Å². The van der Waals surface area contributed by atoms with Crippen molar-refractivity contribution >= 4 is 29.3 Å². The van der Waals surface area contributed by atoms with Crippen molar-refractivity contribution in [3.05, 3.63) is 58.8 Å². The number of Topliss-reactive ketones (excluding diaryl/α,β-unsaturated/α-hetero) is 1. The lowest BCUT2D eigenvalue weighted by atomic mass is 9.98. The van der Waals surface area contributed by atoms with Gasteiger partial charge in [-0.1, -0.05) is 56.2 Å². The molecular weight excluding hydrogens is 431 g/mol. The third-order valence-electron chi connectivity index (χ3n) is 5.60. The second-order valence-corrected chi connectivity index (χ2v) is 8.08. The van der Waals surface area contributed by atoms with Crippen LogP contribution in [0.4, 0.5) is 18.0 Å². The van der Waals surface area contributed by atoms with Gasteiger partial charge < -0.3 is 4.90 Å². The molecule has 3 rings (SSSR count). The Bertz CT molecular complexity index is 956. The summed E-state index contributed by atoms with van der Waals surface area (Å²) in [5, 5.41) is 0.422. The molecule has 0 aliphatic carbocycles. The number of nitrogens with zero attached hydrogens (tertiary/aromatic N) is 3. The Kier molecular flexibility index (Phi) is 6.89. The van der Waals surface area contributed by atoms with E-state index in [0.29, 0.717) is 10.6 Å². The van der Waals surface area contributed by atoms with Crippen LogP contribution in [0, 0.1) is 5.92 Å². The van der Waals surface area contributed by atoms with Crippen molar-refractivity contribution in [1.82, 2.24) is 9.80 Å². The lowest BCUT2D eigenvalue weighted by Crippen LogP contribution is -2.42. The van der Waals surface area contributed by atoms with Gasteiger partial charge in [-0.25, -0.2) is 9.79 Å². The maximum Gasteiger partial charge on any atom is 0.417 e. The molecule has 2 heterocycles. The number of benzene rings is 1. The Morgan fingerprint density at radius 3 is 2.74 bits per heavy atom. The summed E-state index contributed by atoms with van der Waals surface area (Å²) in [6, 6.07) is 5.80. The van der Waals surface area contributed by atoms with Gasteiger partial charge in [0.15, 0.2) is 5.78 Å². The first-order valence-electron chi connectivity index (χ1n) is 9.99. The van der Waals surface area contributed by atoms with E-state index in [-0.39, 0.29) is 43.1 Å². The smallest absolute Gasteiger partial charge is 0.312 e. The number of carbonyl (C=O) groups is 2. The van der Waals surface area contributed by atoms with Gasteiger partial charge in [0.1, 0.15) is 5.84 Å². The van der Waals surface area contributed by atoms with E-state index >= 15 is 0 Å².